The van der Waals surface area contributed by atoms with Crippen molar-refractivity contribution in [1.82, 2.24) is 15.1 Å². The van der Waals surface area contributed by atoms with E-state index < -0.39 is 0 Å². The van der Waals surface area contributed by atoms with E-state index in [2.05, 4.69) is 50.0 Å². The highest BCUT2D eigenvalue weighted by molar-refractivity contribution is 4.81. The first-order valence-corrected chi connectivity index (χ1v) is 7.66. The first kappa shape index (κ1) is 15.9. The van der Waals surface area contributed by atoms with Crippen molar-refractivity contribution in [2.45, 2.75) is 52.1 Å². The summed E-state index contributed by atoms with van der Waals surface area (Å²) >= 11 is 0. The molecule has 3 heteroatoms. The summed E-state index contributed by atoms with van der Waals surface area (Å²) in [5.41, 5.74) is 0. The molecule has 1 saturated heterocycles. The molecule has 18 heavy (non-hydrogen) atoms. The summed E-state index contributed by atoms with van der Waals surface area (Å²) in [6.45, 7) is 11.9. The fraction of sp³-hybridized carbons (Fsp3) is 1.00. The molecule has 0 amide bonds. The molecule has 3 atom stereocenters. The number of rotatable bonds is 7. The Morgan fingerprint density at radius 3 is 2.67 bits per heavy atom. The highest BCUT2D eigenvalue weighted by Gasteiger charge is 2.24. The summed E-state index contributed by atoms with van der Waals surface area (Å²) in [6, 6.07) is 1.26. The topological polar surface area (TPSA) is 18.5 Å². The van der Waals surface area contributed by atoms with Crippen LogP contribution in [0, 0.1) is 5.92 Å². The summed E-state index contributed by atoms with van der Waals surface area (Å²) in [5, 5.41) is 3.73. The maximum absolute atomic E-state index is 3.73. The maximum Gasteiger partial charge on any atom is 0.0186 e. The van der Waals surface area contributed by atoms with Gasteiger partial charge in [0.15, 0.2) is 0 Å². The van der Waals surface area contributed by atoms with Crippen LogP contribution in [-0.2, 0) is 0 Å². The zero-order valence-corrected chi connectivity index (χ0v) is 13.1. The Labute approximate surface area is 114 Å². The van der Waals surface area contributed by atoms with Crippen molar-refractivity contribution in [2.24, 2.45) is 5.92 Å². The molecule has 1 aliphatic rings. The molecule has 3 unspecified atom stereocenters. The van der Waals surface area contributed by atoms with Crippen LogP contribution in [0.2, 0.25) is 0 Å². The molecule has 1 heterocycles. The molecule has 108 valence electrons. The predicted octanol–water partition coefficient (Wildman–Crippen LogP) is 2.04. The van der Waals surface area contributed by atoms with E-state index in [1.165, 1.54) is 38.9 Å². The van der Waals surface area contributed by atoms with E-state index in [0.717, 1.165) is 12.5 Å². The number of likely N-dealkylation sites (tertiary alicyclic amines) is 1. The van der Waals surface area contributed by atoms with Crippen molar-refractivity contribution in [1.29, 1.82) is 0 Å². The fourth-order valence-electron chi connectivity index (χ4n) is 2.72. The molecule has 0 aliphatic carbocycles. The van der Waals surface area contributed by atoms with Crippen LogP contribution in [0.15, 0.2) is 0 Å². The largest absolute Gasteiger partial charge is 0.312 e. The lowest BCUT2D eigenvalue weighted by Crippen LogP contribution is -2.47. The normalized spacial score (nSPS) is 25.3. The van der Waals surface area contributed by atoms with Gasteiger partial charge in [-0.1, -0.05) is 6.92 Å². The van der Waals surface area contributed by atoms with Crippen molar-refractivity contribution < 1.29 is 0 Å². The lowest BCUT2D eigenvalue weighted by Gasteiger charge is -2.36. The van der Waals surface area contributed by atoms with Crippen LogP contribution < -0.4 is 5.32 Å². The second-order valence-corrected chi connectivity index (χ2v) is 6.21. The van der Waals surface area contributed by atoms with Crippen molar-refractivity contribution in [3.63, 3.8) is 0 Å². The van der Waals surface area contributed by atoms with E-state index in [4.69, 9.17) is 0 Å². The molecule has 0 aromatic carbocycles. The van der Waals surface area contributed by atoms with Crippen molar-refractivity contribution in [3.8, 4) is 0 Å². The Morgan fingerprint density at radius 1 is 1.33 bits per heavy atom. The molecule has 3 nitrogen and oxygen atoms in total. The maximum atomic E-state index is 3.73. The summed E-state index contributed by atoms with van der Waals surface area (Å²) in [4.78, 5) is 4.92. The molecular formula is C15H33N3. The zero-order valence-electron chi connectivity index (χ0n) is 13.1. The lowest BCUT2D eigenvalue weighted by atomic mass is 9.91. The average Bonchev–Trinajstić information content (AvgIpc) is 2.36. The molecular weight excluding hydrogens is 222 g/mol. The molecule has 0 saturated carbocycles. The van der Waals surface area contributed by atoms with Gasteiger partial charge in [0.1, 0.15) is 0 Å². The minimum Gasteiger partial charge on any atom is -0.312 e. The van der Waals surface area contributed by atoms with Gasteiger partial charge in [-0.2, -0.15) is 0 Å². The summed E-state index contributed by atoms with van der Waals surface area (Å²) in [6.07, 6.45) is 4.05. The minimum absolute atomic E-state index is 0.614. The third-order valence-electron chi connectivity index (χ3n) is 4.41. The number of hydrogen-bond donors (Lipinski definition) is 1. The molecule has 0 spiro atoms. The van der Waals surface area contributed by atoms with E-state index >= 15 is 0 Å². The minimum atomic E-state index is 0.614. The van der Waals surface area contributed by atoms with E-state index in [1.807, 2.05) is 0 Å². The number of nitrogens with one attached hydrogen (secondary N) is 1. The third-order valence-corrected chi connectivity index (χ3v) is 4.41. The van der Waals surface area contributed by atoms with Crippen molar-refractivity contribution >= 4 is 0 Å². The molecule has 0 aromatic rings. The second-order valence-electron chi connectivity index (χ2n) is 6.21. The predicted molar refractivity (Wildman–Crippen MR) is 80.1 cm³/mol. The molecule has 1 aliphatic heterocycles. The van der Waals surface area contributed by atoms with Gasteiger partial charge in [-0.3, -0.25) is 0 Å². The first-order chi connectivity index (χ1) is 8.54. The van der Waals surface area contributed by atoms with E-state index in [-0.39, 0.29) is 0 Å². The van der Waals surface area contributed by atoms with Gasteiger partial charge in [-0.25, -0.2) is 0 Å². The number of nitrogens with zero attached hydrogens (tertiary/aromatic N) is 2. The average molecular weight is 255 g/mol. The smallest absolute Gasteiger partial charge is 0.0186 e. The Bertz CT molecular complexity index is 216. The standard InChI is InChI=1S/C15H33N3/c1-6-9-18-10-7-8-15(12-18)14(3)16-11-13(2)17(4)5/h13-16H,6-12H2,1-5H3. The van der Waals surface area contributed by atoms with Crippen LogP contribution in [0.5, 0.6) is 0 Å². The molecule has 0 bridgehead atoms. The molecule has 0 radical (unpaired) electrons. The van der Waals surface area contributed by atoms with Gasteiger partial charge in [-0.05, 0) is 66.2 Å². The summed E-state index contributed by atoms with van der Waals surface area (Å²) < 4.78 is 0. The number of hydrogen-bond acceptors (Lipinski definition) is 3. The lowest BCUT2D eigenvalue weighted by molar-refractivity contribution is 0.147. The summed E-state index contributed by atoms with van der Waals surface area (Å²) in [7, 11) is 4.31. The number of piperidine rings is 1. The summed E-state index contributed by atoms with van der Waals surface area (Å²) in [5.74, 6) is 0.833. The van der Waals surface area contributed by atoms with Crippen LogP contribution >= 0.6 is 0 Å². The van der Waals surface area contributed by atoms with E-state index in [9.17, 15) is 0 Å². The van der Waals surface area contributed by atoms with Crippen LogP contribution in [0.3, 0.4) is 0 Å². The van der Waals surface area contributed by atoms with Gasteiger partial charge >= 0.3 is 0 Å². The van der Waals surface area contributed by atoms with Gasteiger partial charge in [0.05, 0.1) is 0 Å². The molecule has 1 rings (SSSR count). The highest BCUT2D eigenvalue weighted by atomic mass is 15.1. The number of likely N-dealkylation sites (N-methyl/N-ethyl adjacent to an activating group) is 1. The quantitative estimate of drug-likeness (QED) is 0.751. The van der Waals surface area contributed by atoms with Gasteiger partial charge in [-0.15, -0.1) is 0 Å². The SMILES string of the molecule is CCCN1CCCC(C(C)NCC(C)N(C)C)C1. The van der Waals surface area contributed by atoms with Gasteiger partial charge < -0.3 is 15.1 Å². The molecule has 1 N–H and O–H groups in total. The third kappa shape index (κ3) is 5.25. The fourth-order valence-corrected chi connectivity index (χ4v) is 2.72. The zero-order chi connectivity index (χ0) is 13.5. The molecule has 1 fully saturated rings. The Balaban J connectivity index is 2.30. The van der Waals surface area contributed by atoms with Crippen LogP contribution in [0.4, 0.5) is 0 Å². The van der Waals surface area contributed by atoms with Gasteiger partial charge in [0, 0.05) is 25.2 Å². The first-order valence-electron chi connectivity index (χ1n) is 7.66. The van der Waals surface area contributed by atoms with E-state index in [0.29, 0.717) is 12.1 Å². The Morgan fingerprint density at radius 2 is 2.06 bits per heavy atom. The highest BCUT2D eigenvalue weighted by Crippen LogP contribution is 2.19. The van der Waals surface area contributed by atoms with Crippen LogP contribution in [-0.4, -0.2) is 62.2 Å². The van der Waals surface area contributed by atoms with Crippen molar-refractivity contribution in [3.05, 3.63) is 0 Å². The van der Waals surface area contributed by atoms with Crippen LogP contribution in [0.25, 0.3) is 0 Å². The van der Waals surface area contributed by atoms with E-state index in [1.54, 1.807) is 0 Å². The van der Waals surface area contributed by atoms with Gasteiger partial charge in [0.2, 0.25) is 0 Å². The van der Waals surface area contributed by atoms with Gasteiger partial charge in [0.25, 0.3) is 0 Å². The Kier molecular flexibility index (Phi) is 7.20. The van der Waals surface area contributed by atoms with Crippen molar-refractivity contribution in [2.75, 3.05) is 40.3 Å². The monoisotopic (exact) mass is 255 g/mol. The van der Waals surface area contributed by atoms with Crippen LogP contribution in [0.1, 0.15) is 40.0 Å². The Hall–Kier alpha value is -0.120. The second kappa shape index (κ2) is 8.13. The molecule has 0 aromatic heterocycles.